The van der Waals surface area contributed by atoms with Crippen molar-refractivity contribution in [3.8, 4) is 0 Å². The zero-order valence-corrected chi connectivity index (χ0v) is 23.5. The molecule has 208 valence electrons. The van der Waals surface area contributed by atoms with Crippen LogP contribution in [0.25, 0.3) is 10.9 Å². The van der Waals surface area contributed by atoms with Crippen LogP contribution >= 0.6 is 0 Å². The third-order valence-electron chi connectivity index (χ3n) is 8.33. The second-order valence-corrected chi connectivity index (χ2v) is 11.7. The number of rotatable bonds is 11. The second kappa shape index (κ2) is 11.9. The molecule has 2 N–H and O–H groups in total. The third kappa shape index (κ3) is 6.20. The highest BCUT2D eigenvalue weighted by atomic mass is 16.5. The van der Waals surface area contributed by atoms with Crippen LogP contribution < -0.4 is 10.6 Å². The number of aromatic nitrogens is 1. The highest BCUT2D eigenvalue weighted by Gasteiger charge is 2.39. The zero-order valence-electron chi connectivity index (χ0n) is 23.5. The molecule has 5 rings (SSSR count). The first-order chi connectivity index (χ1) is 18.9. The lowest BCUT2D eigenvalue weighted by Crippen LogP contribution is -2.55. The SMILES string of the molecule is COCCCn1cc(CN(C(=O)C2CNCC(NC(=O)C(C)(C)c3ccccc3)C2)C2CC2)c2ccccc21. The van der Waals surface area contributed by atoms with Crippen LogP contribution in [0.15, 0.2) is 60.8 Å². The van der Waals surface area contributed by atoms with Crippen molar-refractivity contribution >= 4 is 22.7 Å². The lowest BCUT2D eigenvalue weighted by atomic mass is 9.83. The summed E-state index contributed by atoms with van der Waals surface area (Å²) in [5.41, 5.74) is 2.74. The summed E-state index contributed by atoms with van der Waals surface area (Å²) in [6.45, 7) is 7.47. The minimum absolute atomic E-state index is 0.00562. The third-order valence-corrected chi connectivity index (χ3v) is 8.33. The van der Waals surface area contributed by atoms with Gasteiger partial charge in [0.05, 0.1) is 11.3 Å². The molecule has 2 heterocycles. The number of methoxy groups -OCH3 is 1. The maximum absolute atomic E-state index is 13.9. The normalized spacial score (nSPS) is 19.7. The van der Waals surface area contributed by atoms with Crippen molar-refractivity contribution in [2.75, 3.05) is 26.8 Å². The van der Waals surface area contributed by atoms with Crippen LogP contribution in [0.3, 0.4) is 0 Å². The number of benzene rings is 2. The van der Waals surface area contributed by atoms with E-state index in [1.807, 2.05) is 44.2 Å². The van der Waals surface area contributed by atoms with Gasteiger partial charge in [0.1, 0.15) is 0 Å². The number of nitrogens with zero attached hydrogens (tertiary/aromatic N) is 2. The van der Waals surface area contributed by atoms with Crippen LogP contribution in [-0.2, 0) is 32.8 Å². The first-order valence-corrected chi connectivity index (χ1v) is 14.3. The molecule has 1 aliphatic carbocycles. The summed E-state index contributed by atoms with van der Waals surface area (Å²) < 4.78 is 7.55. The van der Waals surface area contributed by atoms with E-state index < -0.39 is 5.41 Å². The Morgan fingerprint density at radius 3 is 2.56 bits per heavy atom. The molecule has 0 bridgehead atoms. The van der Waals surface area contributed by atoms with Crippen LogP contribution in [0.4, 0.5) is 0 Å². The molecule has 7 heteroatoms. The summed E-state index contributed by atoms with van der Waals surface area (Å²) >= 11 is 0. The van der Waals surface area contributed by atoms with Crippen molar-refractivity contribution in [2.45, 2.75) is 70.1 Å². The number of fused-ring (bicyclic) bond motifs is 1. The van der Waals surface area contributed by atoms with Gasteiger partial charge in [-0.2, -0.15) is 0 Å². The van der Waals surface area contributed by atoms with Crippen molar-refractivity contribution in [3.63, 3.8) is 0 Å². The van der Waals surface area contributed by atoms with E-state index in [0.29, 0.717) is 32.1 Å². The van der Waals surface area contributed by atoms with E-state index >= 15 is 0 Å². The summed E-state index contributed by atoms with van der Waals surface area (Å²) in [5, 5.41) is 7.88. The van der Waals surface area contributed by atoms with E-state index in [1.165, 1.54) is 16.5 Å². The first-order valence-electron chi connectivity index (χ1n) is 14.3. The van der Waals surface area contributed by atoms with Gasteiger partial charge in [-0.15, -0.1) is 0 Å². The maximum atomic E-state index is 13.9. The molecule has 2 aliphatic rings. The van der Waals surface area contributed by atoms with Gasteiger partial charge in [-0.25, -0.2) is 0 Å². The van der Waals surface area contributed by atoms with Gasteiger partial charge in [-0.3, -0.25) is 9.59 Å². The van der Waals surface area contributed by atoms with Gasteiger partial charge in [0, 0.05) is 69.1 Å². The summed E-state index contributed by atoms with van der Waals surface area (Å²) in [4.78, 5) is 29.3. The van der Waals surface area contributed by atoms with E-state index in [2.05, 4.69) is 50.6 Å². The van der Waals surface area contributed by atoms with Crippen molar-refractivity contribution in [2.24, 2.45) is 5.92 Å². The largest absolute Gasteiger partial charge is 0.385 e. The average molecular weight is 531 g/mol. The van der Waals surface area contributed by atoms with Gasteiger partial charge in [0.25, 0.3) is 0 Å². The number of carbonyl (C=O) groups excluding carboxylic acids is 2. The van der Waals surface area contributed by atoms with E-state index in [1.54, 1.807) is 7.11 Å². The number of nitrogens with one attached hydrogen (secondary N) is 2. The molecule has 0 radical (unpaired) electrons. The van der Waals surface area contributed by atoms with E-state index in [-0.39, 0.29) is 23.8 Å². The lowest BCUT2D eigenvalue weighted by Gasteiger charge is -2.35. The highest BCUT2D eigenvalue weighted by molar-refractivity contribution is 5.88. The minimum atomic E-state index is -0.643. The minimum Gasteiger partial charge on any atom is -0.385 e. The number of hydrogen-bond acceptors (Lipinski definition) is 4. The molecule has 2 unspecified atom stereocenters. The molecular formula is C32H42N4O3. The predicted molar refractivity (Wildman–Crippen MR) is 154 cm³/mol. The zero-order chi connectivity index (χ0) is 27.4. The van der Waals surface area contributed by atoms with Crippen LogP contribution in [0.1, 0.15) is 50.7 Å². The molecule has 2 amide bonds. The number of piperidine rings is 1. The first kappa shape index (κ1) is 27.4. The Kier molecular flexibility index (Phi) is 8.38. The number of hydrogen-bond donors (Lipinski definition) is 2. The van der Waals surface area contributed by atoms with Gasteiger partial charge in [0.15, 0.2) is 0 Å². The fraction of sp³-hybridized carbons (Fsp3) is 0.500. The Hall–Kier alpha value is -3.16. The van der Waals surface area contributed by atoms with Gasteiger partial charge >= 0.3 is 0 Å². The monoisotopic (exact) mass is 530 g/mol. The molecule has 0 spiro atoms. The maximum Gasteiger partial charge on any atom is 0.230 e. The van der Waals surface area contributed by atoms with E-state index in [0.717, 1.165) is 38.0 Å². The van der Waals surface area contributed by atoms with Crippen molar-refractivity contribution in [1.29, 1.82) is 0 Å². The molecule has 1 aliphatic heterocycles. The molecule has 1 saturated carbocycles. The van der Waals surface area contributed by atoms with Gasteiger partial charge in [-0.1, -0.05) is 48.5 Å². The summed E-state index contributed by atoms with van der Waals surface area (Å²) in [6, 6.07) is 18.6. The van der Waals surface area contributed by atoms with Gasteiger partial charge in [0.2, 0.25) is 11.8 Å². The molecule has 2 atom stereocenters. The quantitative estimate of drug-likeness (QED) is 0.364. The number of para-hydroxylation sites is 1. The topological polar surface area (TPSA) is 75.6 Å². The molecule has 1 aromatic heterocycles. The fourth-order valence-corrected chi connectivity index (χ4v) is 5.80. The Morgan fingerprint density at radius 1 is 1.08 bits per heavy atom. The molecular weight excluding hydrogens is 488 g/mol. The second-order valence-electron chi connectivity index (χ2n) is 11.7. The molecule has 39 heavy (non-hydrogen) atoms. The summed E-state index contributed by atoms with van der Waals surface area (Å²) in [7, 11) is 1.73. The smallest absolute Gasteiger partial charge is 0.230 e. The predicted octanol–water partition coefficient (Wildman–Crippen LogP) is 4.24. The number of ether oxygens (including phenoxy) is 1. The van der Waals surface area contributed by atoms with Gasteiger partial charge in [-0.05, 0) is 56.7 Å². The molecule has 2 aromatic carbocycles. The van der Waals surface area contributed by atoms with Crippen LogP contribution in [-0.4, -0.2) is 60.2 Å². The molecule has 3 aromatic rings. The van der Waals surface area contributed by atoms with Crippen LogP contribution in [0.5, 0.6) is 0 Å². The summed E-state index contributed by atoms with van der Waals surface area (Å²) in [6.07, 6.45) is 5.94. The molecule has 7 nitrogen and oxygen atoms in total. The Bertz CT molecular complexity index is 1280. The fourth-order valence-electron chi connectivity index (χ4n) is 5.80. The van der Waals surface area contributed by atoms with E-state index in [9.17, 15) is 9.59 Å². The summed E-state index contributed by atoms with van der Waals surface area (Å²) in [5.74, 6) is 0.0379. The average Bonchev–Trinajstić information content (AvgIpc) is 3.74. The Morgan fingerprint density at radius 2 is 1.82 bits per heavy atom. The van der Waals surface area contributed by atoms with Gasteiger partial charge < -0.3 is 24.8 Å². The Labute approximate surface area is 231 Å². The number of carbonyl (C=O) groups is 2. The van der Waals surface area contributed by atoms with E-state index in [4.69, 9.17) is 4.74 Å². The van der Waals surface area contributed by atoms with Crippen molar-refractivity contribution in [3.05, 3.63) is 71.9 Å². The van der Waals surface area contributed by atoms with Crippen molar-refractivity contribution < 1.29 is 14.3 Å². The lowest BCUT2D eigenvalue weighted by molar-refractivity contribution is -0.138. The van der Waals surface area contributed by atoms with Crippen LogP contribution in [0.2, 0.25) is 0 Å². The molecule has 1 saturated heterocycles. The number of aryl methyl sites for hydroxylation is 1. The number of amides is 2. The van der Waals surface area contributed by atoms with Crippen molar-refractivity contribution in [1.82, 2.24) is 20.1 Å². The van der Waals surface area contributed by atoms with Crippen LogP contribution in [0, 0.1) is 5.92 Å². The Balaban J connectivity index is 1.27. The standard InChI is InChI=1S/C32H42N4O3/c1-32(2,25-10-5-4-6-11-25)31(38)34-26-18-23(19-33-20-26)30(37)36(27-14-15-27)22-24-21-35(16-9-17-39-3)29-13-8-7-12-28(24)29/h4-8,10-13,21,23,26-27,33H,9,14-20,22H2,1-3H3,(H,34,38). The molecule has 2 fully saturated rings. The highest BCUT2D eigenvalue weighted by Crippen LogP contribution is 2.33.